The maximum absolute atomic E-state index is 12.6. The van der Waals surface area contributed by atoms with Crippen LogP contribution in [0.25, 0.3) is 0 Å². The van der Waals surface area contributed by atoms with Crippen LogP contribution in [0.4, 0.5) is 5.00 Å². The van der Waals surface area contributed by atoms with Gasteiger partial charge in [0.25, 0.3) is 0 Å². The first-order valence-electron chi connectivity index (χ1n) is 9.96. The molecule has 1 unspecified atom stereocenters. The molecule has 2 aromatic rings. The number of carbonyl (C=O) groups is 3. The van der Waals surface area contributed by atoms with E-state index < -0.39 is 23.9 Å². The number of carbonyl (C=O) groups excluding carboxylic acids is 2. The Hall–Kier alpha value is -2.78. The van der Waals surface area contributed by atoms with Crippen LogP contribution < -0.4 is 10.6 Å². The lowest BCUT2D eigenvalue weighted by molar-refractivity contribution is -0.141. The number of carboxylic acids is 1. The maximum Gasteiger partial charge on any atom is 0.341 e. The summed E-state index contributed by atoms with van der Waals surface area (Å²) in [6.07, 6.45) is 6.68. The van der Waals surface area contributed by atoms with Crippen LogP contribution in [0.5, 0.6) is 0 Å². The van der Waals surface area contributed by atoms with E-state index in [4.69, 9.17) is 4.74 Å². The van der Waals surface area contributed by atoms with Crippen molar-refractivity contribution in [2.24, 2.45) is 0 Å². The lowest BCUT2D eigenvalue weighted by Crippen LogP contribution is -2.39. The van der Waals surface area contributed by atoms with Crippen LogP contribution in [0.3, 0.4) is 0 Å². The zero-order chi connectivity index (χ0) is 21.5. The second kappa shape index (κ2) is 10.3. The average Bonchev–Trinajstić information content (AvgIpc) is 3.09. The first-order chi connectivity index (χ1) is 14.5. The van der Waals surface area contributed by atoms with Gasteiger partial charge in [0.1, 0.15) is 11.0 Å². The van der Waals surface area contributed by atoms with E-state index in [1.165, 1.54) is 11.3 Å². The number of carboxylic acid groups (broad SMARTS) is 1. The van der Waals surface area contributed by atoms with Crippen molar-refractivity contribution in [1.82, 2.24) is 10.3 Å². The van der Waals surface area contributed by atoms with Crippen LogP contribution in [0, 0.1) is 0 Å². The molecule has 8 nitrogen and oxygen atoms in total. The number of hydrogen-bond acceptors (Lipinski definition) is 7. The Balaban J connectivity index is 1.70. The molecule has 0 spiro atoms. The fraction of sp³-hybridized carbons (Fsp3) is 0.429. The van der Waals surface area contributed by atoms with E-state index in [1.807, 2.05) is 6.07 Å². The number of aliphatic carboxylic acids is 1. The number of fused-ring (bicyclic) bond motifs is 1. The largest absolute Gasteiger partial charge is 0.480 e. The summed E-state index contributed by atoms with van der Waals surface area (Å²) in [7, 11) is 0. The van der Waals surface area contributed by atoms with Crippen LogP contribution in [-0.2, 0) is 33.7 Å². The summed E-state index contributed by atoms with van der Waals surface area (Å²) >= 11 is 1.38. The summed E-state index contributed by atoms with van der Waals surface area (Å²) in [4.78, 5) is 41.8. The number of ether oxygens (including phenoxy) is 1. The molecule has 0 saturated heterocycles. The van der Waals surface area contributed by atoms with Crippen molar-refractivity contribution in [3.8, 4) is 0 Å². The molecule has 0 bridgehead atoms. The maximum atomic E-state index is 12.6. The highest BCUT2D eigenvalue weighted by Gasteiger charge is 2.28. The minimum absolute atomic E-state index is 0.246. The Kier molecular flexibility index (Phi) is 7.53. The number of esters is 1. The minimum Gasteiger partial charge on any atom is -0.480 e. The Morgan fingerprint density at radius 2 is 2.10 bits per heavy atom. The number of pyridine rings is 1. The zero-order valence-corrected chi connectivity index (χ0v) is 17.6. The molecule has 0 aliphatic heterocycles. The van der Waals surface area contributed by atoms with E-state index in [2.05, 4.69) is 15.6 Å². The highest BCUT2D eigenvalue weighted by molar-refractivity contribution is 7.17. The van der Waals surface area contributed by atoms with Crippen molar-refractivity contribution in [2.75, 3.05) is 11.9 Å². The normalized spacial score (nSPS) is 13.9. The van der Waals surface area contributed by atoms with E-state index in [-0.39, 0.29) is 19.6 Å². The number of aromatic nitrogens is 1. The molecule has 30 heavy (non-hydrogen) atoms. The van der Waals surface area contributed by atoms with Crippen molar-refractivity contribution in [2.45, 2.75) is 51.6 Å². The number of thiophene rings is 1. The second-order valence-corrected chi connectivity index (χ2v) is 8.13. The van der Waals surface area contributed by atoms with Gasteiger partial charge in [-0.25, -0.2) is 4.79 Å². The summed E-state index contributed by atoms with van der Waals surface area (Å²) in [6, 6.07) is 2.52. The molecule has 1 amide bonds. The second-order valence-electron chi connectivity index (χ2n) is 7.02. The molecule has 2 aromatic heterocycles. The van der Waals surface area contributed by atoms with Gasteiger partial charge in [0.2, 0.25) is 5.91 Å². The summed E-state index contributed by atoms with van der Waals surface area (Å²) in [5.41, 5.74) is 2.18. The Morgan fingerprint density at radius 1 is 1.30 bits per heavy atom. The van der Waals surface area contributed by atoms with Crippen LogP contribution in [0.1, 0.15) is 52.5 Å². The molecule has 0 radical (unpaired) electrons. The number of nitrogens with zero attached hydrogens (tertiary/aromatic N) is 1. The van der Waals surface area contributed by atoms with E-state index in [0.29, 0.717) is 10.6 Å². The monoisotopic (exact) mass is 431 g/mol. The molecule has 0 saturated carbocycles. The summed E-state index contributed by atoms with van der Waals surface area (Å²) in [5, 5.41) is 15.6. The van der Waals surface area contributed by atoms with Gasteiger partial charge >= 0.3 is 11.9 Å². The quantitative estimate of drug-likeness (QED) is 0.523. The van der Waals surface area contributed by atoms with Gasteiger partial charge in [-0.2, -0.15) is 0 Å². The molecule has 2 heterocycles. The molecule has 3 N–H and O–H groups in total. The zero-order valence-electron chi connectivity index (χ0n) is 16.8. The molecule has 1 atom stereocenters. The predicted molar refractivity (Wildman–Crippen MR) is 113 cm³/mol. The van der Waals surface area contributed by atoms with Gasteiger partial charge in [0, 0.05) is 23.8 Å². The third kappa shape index (κ3) is 5.43. The van der Waals surface area contributed by atoms with Crippen molar-refractivity contribution < 1.29 is 24.2 Å². The smallest absolute Gasteiger partial charge is 0.341 e. The molecule has 9 heteroatoms. The highest BCUT2D eigenvalue weighted by atomic mass is 32.1. The number of amides is 1. The molecular weight excluding hydrogens is 406 g/mol. The molecule has 0 aromatic carbocycles. The third-order valence-electron chi connectivity index (χ3n) is 4.87. The SMILES string of the molecule is CCOC(=O)c1c(NC(=O)CC(NCc2cccnc2)C(=O)O)sc2c1CCCC2. The Morgan fingerprint density at radius 3 is 2.80 bits per heavy atom. The Bertz CT molecular complexity index is 913. The van der Waals surface area contributed by atoms with Gasteiger partial charge in [-0.15, -0.1) is 11.3 Å². The number of aryl methyl sites for hydroxylation is 1. The molecule has 1 aliphatic rings. The van der Waals surface area contributed by atoms with Gasteiger partial charge in [0.15, 0.2) is 0 Å². The highest BCUT2D eigenvalue weighted by Crippen LogP contribution is 2.38. The molecule has 160 valence electrons. The van der Waals surface area contributed by atoms with Gasteiger partial charge in [0.05, 0.1) is 18.6 Å². The number of anilines is 1. The number of nitrogens with one attached hydrogen (secondary N) is 2. The lowest BCUT2D eigenvalue weighted by atomic mass is 9.95. The standard InChI is InChI=1S/C21H25N3O5S/c1-2-29-21(28)18-14-7-3-4-8-16(14)30-19(18)24-17(25)10-15(20(26)27)23-12-13-6-5-9-22-11-13/h5-6,9,11,15,23H,2-4,7-8,10,12H2,1H3,(H,24,25)(H,26,27). The topological polar surface area (TPSA) is 118 Å². The average molecular weight is 432 g/mol. The van der Waals surface area contributed by atoms with Gasteiger partial charge in [-0.3, -0.25) is 19.9 Å². The fourth-order valence-corrected chi connectivity index (χ4v) is 4.72. The van der Waals surface area contributed by atoms with Gasteiger partial charge < -0.3 is 15.2 Å². The van der Waals surface area contributed by atoms with Gasteiger partial charge in [-0.05, 0) is 49.8 Å². The van der Waals surface area contributed by atoms with E-state index in [1.54, 1.807) is 25.4 Å². The molecular formula is C21H25N3O5S. The van der Waals surface area contributed by atoms with Gasteiger partial charge in [-0.1, -0.05) is 6.07 Å². The first kappa shape index (κ1) is 21.9. The number of rotatable bonds is 9. The third-order valence-corrected chi connectivity index (χ3v) is 6.07. The molecule has 1 aliphatic carbocycles. The van der Waals surface area contributed by atoms with E-state index in [0.717, 1.165) is 41.7 Å². The first-order valence-corrected chi connectivity index (χ1v) is 10.8. The van der Waals surface area contributed by atoms with E-state index in [9.17, 15) is 19.5 Å². The Labute approximate surface area is 178 Å². The van der Waals surface area contributed by atoms with Crippen LogP contribution >= 0.6 is 11.3 Å². The van der Waals surface area contributed by atoms with Crippen molar-refractivity contribution in [1.29, 1.82) is 0 Å². The van der Waals surface area contributed by atoms with Crippen LogP contribution in [0.15, 0.2) is 24.5 Å². The summed E-state index contributed by atoms with van der Waals surface area (Å²) in [6.45, 7) is 2.26. The van der Waals surface area contributed by atoms with Crippen molar-refractivity contribution in [3.05, 3.63) is 46.1 Å². The van der Waals surface area contributed by atoms with Crippen molar-refractivity contribution in [3.63, 3.8) is 0 Å². The van der Waals surface area contributed by atoms with E-state index >= 15 is 0 Å². The summed E-state index contributed by atoms with van der Waals surface area (Å²) in [5.74, 6) is -2.04. The fourth-order valence-electron chi connectivity index (χ4n) is 3.43. The van der Waals surface area contributed by atoms with Crippen molar-refractivity contribution >= 4 is 34.2 Å². The predicted octanol–water partition coefficient (Wildman–Crippen LogP) is 2.77. The minimum atomic E-state index is -1.12. The molecule has 3 rings (SSSR count). The lowest BCUT2D eigenvalue weighted by Gasteiger charge is -2.15. The summed E-state index contributed by atoms with van der Waals surface area (Å²) < 4.78 is 5.19. The molecule has 0 fully saturated rings. The van der Waals surface area contributed by atoms with Crippen LogP contribution in [-0.4, -0.2) is 40.6 Å². The van der Waals surface area contributed by atoms with Crippen LogP contribution in [0.2, 0.25) is 0 Å². The number of hydrogen-bond donors (Lipinski definition) is 3.